The fourth-order valence-corrected chi connectivity index (χ4v) is 2.80. The van der Waals surface area contributed by atoms with E-state index in [-0.39, 0.29) is 6.10 Å². The molecule has 2 heterocycles. The second-order valence-electron chi connectivity index (χ2n) is 3.89. The molecular weight excluding hydrogens is 246 g/mol. The van der Waals surface area contributed by atoms with Crippen molar-refractivity contribution >= 4 is 26.7 Å². The Hall–Kier alpha value is -1.27. The zero-order valence-corrected chi connectivity index (χ0v) is 9.66. The average molecular weight is 256 g/mol. The van der Waals surface area contributed by atoms with Crippen LogP contribution in [0.25, 0.3) is 10.2 Å². The van der Waals surface area contributed by atoms with Crippen molar-refractivity contribution in [3.8, 4) is 0 Å². The quantitative estimate of drug-likeness (QED) is 0.844. The molecule has 1 aromatic carbocycles. The van der Waals surface area contributed by atoms with Gasteiger partial charge in [0.15, 0.2) is 5.13 Å². The van der Waals surface area contributed by atoms with Gasteiger partial charge in [-0.05, 0) is 12.1 Å². The van der Waals surface area contributed by atoms with Crippen LogP contribution in [-0.4, -0.2) is 30.8 Å². The molecule has 0 radical (unpaired) electrons. The Labute approximate surface area is 101 Å². The lowest BCUT2D eigenvalue weighted by molar-refractivity contribution is -0.167. The Morgan fingerprint density at radius 1 is 1.35 bits per heavy atom. The number of ether oxygens (including phenoxy) is 1. The number of nitrogens with zero attached hydrogens (tertiary/aromatic N) is 2. The standard InChI is InChI=1S/C11H10F2N2OS/c12-10(13)16-7-5-15(6-7)11-14-8-3-1-2-4-9(8)17-11/h1-4,7,10H,5-6H2. The molecule has 1 aromatic heterocycles. The molecule has 0 atom stereocenters. The molecule has 1 aliphatic rings. The minimum absolute atomic E-state index is 0.373. The summed E-state index contributed by atoms with van der Waals surface area (Å²) >= 11 is 1.57. The van der Waals surface area contributed by atoms with Crippen LogP contribution >= 0.6 is 11.3 Å². The zero-order valence-electron chi connectivity index (χ0n) is 8.85. The molecule has 0 aliphatic carbocycles. The molecule has 0 bridgehead atoms. The Kier molecular flexibility index (Phi) is 2.68. The van der Waals surface area contributed by atoms with E-state index >= 15 is 0 Å². The third-order valence-corrected chi connectivity index (χ3v) is 3.79. The average Bonchev–Trinajstić information content (AvgIpc) is 2.65. The molecule has 0 unspecified atom stereocenters. The van der Waals surface area contributed by atoms with E-state index in [1.54, 1.807) is 11.3 Å². The van der Waals surface area contributed by atoms with Gasteiger partial charge in [0.05, 0.1) is 16.3 Å². The second-order valence-corrected chi connectivity index (χ2v) is 4.90. The zero-order chi connectivity index (χ0) is 11.8. The number of alkyl halides is 2. The maximum Gasteiger partial charge on any atom is 0.345 e. The van der Waals surface area contributed by atoms with Crippen LogP contribution in [0.5, 0.6) is 0 Å². The normalized spacial score (nSPS) is 16.8. The fraction of sp³-hybridized carbons (Fsp3) is 0.364. The summed E-state index contributed by atoms with van der Waals surface area (Å²) in [6, 6.07) is 7.85. The Balaban J connectivity index is 1.70. The van der Waals surface area contributed by atoms with Gasteiger partial charge >= 0.3 is 6.61 Å². The number of para-hydroxylation sites is 1. The molecule has 0 N–H and O–H groups in total. The highest BCUT2D eigenvalue weighted by Crippen LogP contribution is 2.31. The SMILES string of the molecule is FC(F)OC1CN(c2nc3ccccc3s2)C1. The number of aromatic nitrogens is 1. The van der Waals surface area contributed by atoms with Crippen molar-refractivity contribution in [1.82, 2.24) is 4.98 Å². The van der Waals surface area contributed by atoms with Gasteiger partial charge in [0.1, 0.15) is 0 Å². The minimum Gasteiger partial charge on any atom is -0.343 e. The third kappa shape index (κ3) is 2.10. The molecule has 17 heavy (non-hydrogen) atoms. The van der Waals surface area contributed by atoms with E-state index in [1.165, 1.54) is 0 Å². The Morgan fingerprint density at radius 2 is 2.12 bits per heavy atom. The molecule has 2 aromatic rings. The van der Waals surface area contributed by atoms with Crippen molar-refractivity contribution in [1.29, 1.82) is 0 Å². The van der Waals surface area contributed by atoms with Crippen molar-refractivity contribution in [3.05, 3.63) is 24.3 Å². The lowest BCUT2D eigenvalue weighted by atomic mass is 10.2. The van der Waals surface area contributed by atoms with Crippen LogP contribution in [0, 0.1) is 0 Å². The van der Waals surface area contributed by atoms with Crippen LogP contribution in [0.2, 0.25) is 0 Å². The lowest BCUT2D eigenvalue weighted by Gasteiger charge is -2.38. The van der Waals surface area contributed by atoms with Gasteiger partial charge < -0.3 is 9.64 Å². The second kappa shape index (κ2) is 4.19. The van der Waals surface area contributed by atoms with Gasteiger partial charge in [-0.3, -0.25) is 0 Å². The summed E-state index contributed by atoms with van der Waals surface area (Å²) < 4.78 is 29.4. The largest absolute Gasteiger partial charge is 0.345 e. The molecule has 1 saturated heterocycles. The van der Waals surface area contributed by atoms with E-state index in [2.05, 4.69) is 9.72 Å². The van der Waals surface area contributed by atoms with E-state index in [4.69, 9.17) is 0 Å². The highest BCUT2D eigenvalue weighted by molar-refractivity contribution is 7.22. The molecule has 6 heteroatoms. The molecule has 1 fully saturated rings. The van der Waals surface area contributed by atoms with Gasteiger partial charge in [0.2, 0.25) is 0 Å². The van der Waals surface area contributed by atoms with Crippen LogP contribution in [0.3, 0.4) is 0 Å². The van der Waals surface area contributed by atoms with Crippen LogP contribution in [0.15, 0.2) is 24.3 Å². The number of anilines is 1. The summed E-state index contributed by atoms with van der Waals surface area (Å²) in [5.74, 6) is 0. The van der Waals surface area contributed by atoms with E-state index in [9.17, 15) is 8.78 Å². The summed E-state index contributed by atoms with van der Waals surface area (Å²) in [7, 11) is 0. The highest BCUT2D eigenvalue weighted by Gasteiger charge is 2.31. The van der Waals surface area contributed by atoms with Crippen molar-refractivity contribution in [2.75, 3.05) is 18.0 Å². The topological polar surface area (TPSA) is 25.4 Å². The highest BCUT2D eigenvalue weighted by atomic mass is 32.1. The fourth-order valence-electron chi connectivity index (χ4n) is 1.82. The Morgan fingerprint density at radius 3 is 2.82 bits per heavy atom. The molecule has 3 rings (SSSR count). The van der Waals surface area contributed by atoms with E-state index in [0.29, 0.717) is 13.1 Å². The van der Waals surface area contributed by atoms with Crippen molar-refractivity contribution < 1.29 is 13.5 Å². The minimum atomic E-state index is -2.68. The van der Waals surface area contributed by atoms with Crippen LogP contribution < -0.4 is 4.90 Å². The first-order chi connectivity index (χ1) is 8.22. The van der Waals surface area contributed by atoms with Crippen molar-refractivity contribution in [3.63, 3.8) is 0 Å². The predicted molar refractivity (Wildman–Crippen MR) is 62.7 cm³/mol. The first kappa shape index (κ1) is 10.9. The summed E-state index contributed by atoms with van der Waals surface area (Å²) in [5.41, 5.74) is 0.950. The number of fused-ring (bicyclic) bond motifs is 1. The van der Waals surface area contributed by atoms with E-state index in [0.717, 1.165) is 15.3 Å². The van der Waals surface area contributed by atoms with E-state index < -0.39 is 6.61 Å². The lowest BCUT2D eigenvalue weighted by Crippen LogP contribution is -2.52. The van der Waals surface area contributed by atoms with Gasteiger partial charge in [-0.15, -0.1) is 0 Å². The van der Waals surface area contributed by atoms with Crippen molar-refractivity contribution in [2.24, 2.45) is 0 Å². The van der Waals surface area contributed by atoms with Gasteiger partial charge in [-0.1, -0.05) is 23.5 Å². The monoisotopic (exact) mass is 256 g/mol. The van der Waals surface area contributed by atoms with Gasteiger partial charge in [-0.25, -0.2) is 4.98 Å². The molecule has 0 amide bonds. The molecule has 0 spiro atoms. The molecular formula is C11H10F2N2OS. The Bertz CT molecular complexity index is 492. The molecule has 0 saturated carbocycles. The van der Waals surface area contributed by atoms with E-state index in [1.807, 2.05) is 29.2 Å². The number of hydrogen-bond acceptors (Lipinski definition) is 4. The molecule has 1 aliphatic heterocycles. The smallest absolute Gasteiger partial charge is 0.343 e. The summed E-state index contributed by atoms with van der Waals surface area (Å²) in [6.07, 6.45) is -0.373. The predicted octanol–water partition coefficient (Wildman–Crippen LogP) is 2.72. The first-order valence-electron chi connectivity index (χ1n) is 5.26. The van der Waals surface area contributed by atoms with Crippen LogP contribution in [0.4, 0.5) is 13.9 Å². The maximum atomic E-state index is 11.9. The molecule has 90 valence electrons. The van der Waals surface area contributed by atoms with Crippen LogP contribution in [0.1, 0.15) is 0 Å². The number of benzene rings is 1. The van der Waals surface area contributed by atoms with Gasteiger partial charge in [0, 0.05) is 13.1 Å². The number of thiazole rings is 1. The maximum absolute atomic E-state index is 11.9. The summed E-state index contributed by atoms with van der Waals surface area (Å²) in [4.78, 5) is 6.41. The van der Waals surface area contributed by atoms with Crippen molar-refractivity contribution in [2.45, 2.75) is 12.7 Å². The third-order valence-electron chi connectivity index (χ3n) is 2.70. The number of hydrogen-bond donors (Lipinski definition) is 0. The molecule has 3 nitrogen and oxygen atoms in total. The summed E-state index contributed by atoms with van der Waals surface area (Å²) in [5, 5.41) is 0.875. The first-order valence-corrected chi connectivity index (χ1v) is 6.08. The number of rotatable bonds is 3. The van der Waals surface area contributed by atoms with Gasteiger partial charge in [0.25, 0.3) is 0 Å². The van der Waals surface area contributed by atoms with Crippen LogP contribution in [-0.2, 0) is 4.74 Å². The van der Waals surface area contributed by atoms with Gasteiger partial charge in [-0.2, -0.15) is 8.78 Å². The number of halogens is 2. The summed E-state index contributed by atoms with van der Waals surface area (Å²) in [6.45, 7) is -1.70.